The van der Waals surface area contributed by atoms with Crippen LogP contribution in [0.5, 0.6) is 5.75 Å². The summed E-state index contributed by atoms with van der Waals surface area (Å²) in [6.45, 7) is -1.14. The van der Waals surface area contributed by atoms with Gasteiger partial charge in [0.25, 0.3) is 0 Å². The zero-order valence-corrected chi connectivity index (χ0v) is 21.3. The molecule has 1 saturated carbocycles. The Labute approximate surface area is 229 Å². The van der Waals surface area contributed by atoms with Crippen LogP contribution in [0.3, 0.4) is 0 Å². The van der Waals surface area contributed by atoms with Crippen LogP contribution < -0.4 is 10.1 Å². The van der Waals surface area contributed by atoms with E-state index in [4.69, 9.17) is 4.74 Å². The van der Waals surface area contributed by atoms with Crippen molar-refractivity contribution in [1.82, 2.24) is 5.32 Å². The number of halogens is 9. The number of allylic oxidation sites excluding steroid dienone is 2. The highest BCUT2D eigenvalue weighted by atomic mass is 19.4. The highest BCUT2D eigenvalue weighted by molar-refractivity contribution is 5.46. The maximum atomic E-state index is 15.0. The zero-order chi connectivity index (χ0) is 30.0. The molecule has 2 aliphatic carbocycles. The summed E-state index contributed by atoms with van der Waals surface area (Å²) in [5.74, 6) is -2.01. The summed E-state index contributed by atoms with van der Waals surface area (Å²) >= 11 is 0. The molecule has 0 aromatic heterocycles. The van der Waals surface area contributed by atoms with Crippen LogP contribution in [0.1, 0.15) is 30.4 Å². The van der Waals surface area contributed by atoms with E-state index in [2.05, 4.69) is 10.1 Å². The zero-order valence-electron chi connectivity index (χ0n) is 21.3. The van der Waals surface area contributed by atoms with Crippen LogP contribution in [-0.2, 0) is 16.7 Å². The van der Waals surface area contributed by atoms with Crippen LogP contribution >= 0.6 is 0 Å². The summed E-state index contributed by atoms with van der Waals surface area (Å²) in [6, 6.07) is 11.5. The van der Waals surface area contributed by atoms with E-state index < -0.39 is 61.1 Å². The van der Waals surface area contributed by atoms with Crippen LogP contribution in [0, 0.1) is 5.82 Å². The fourth-order valence-corrected chi connectivity index (χ4v) is 4.48. The van der Waals surface area contributed by atoms with Crippen molar-refractivity contribution >= 4 is 0 Å². The van der Waals surface area contributed by atoms with Crippen molar-refractivity contribution in [3.63, 3.8) is 0 Å². The molecule has 224 valence electrons. The number of ether oxygens (including phenoxy) is 2. The number of aliphatic hydroxyl groups is 1. The molecular weight excluding hydrogens is 569 g/mol. The SMILES string of the molecule is O[C@@H](CN[C@@](Cc1ccccc1)(C1=CC(OC(F)(F)C(F)F)=CC(F)C1)c1ccc(F)c(OC2CC2)c1)C(F)(F)F. The van der Waals surface area contributed by atoms with Gasteiger partial charge in [-0.2, -0.15) is 30.7 Å². The Bertz CT molecular complexity index is 1260. The molecule has 2 aromatic carbocycles. The number of nitrogens with one attached hydrogen (secondary N) is 1. The Balaban J connectivity index is 1.88. The number of hydrogen-bond donors (Lipinski definition) is 2. The first-order valence-corrected chi connectivity index (χ1v) is 12.6. The standard InChI is InChI=1S/C28H26F9NO3/c29-19-10-18(11-21(13-19)41-28(36,37)25(31)32)26(14-16-4-2-1-3-5-16,38-15-24(39)27(33,34)35)17-6-9-22(30)23(12-17)40-20-7-8-20/h1-6,9,11-13,19-20,24-25,38-39H,7-8,10,14-15H2/t19?,24-,26+/m0/s1. The lowest BCUT2D eigenvalue weighted by Gasteiger charge is -2.41. The molecule has 3 atom stereocenters. The maximum absolute atomic E-state index is 15.0. The van der Waals surface area contributed by atoms with Crippen LogP contribution in [0.25, 0.3) is 0 Å². The summed E-state index contributed by atoms with van der Waals surface area (Å²) in [7, 11) is 0. The smallest absolute Gasteiger partial charge is 0.461 e. The number of aliphatic hydroxyl groups excluding tert-OH is 1. The van der Waals surface area contributed by atoms with E-state index in [1.807, 2.05) is 0 Å². The second kappa shape index (κ2) is 12.0. The Hall–Kier alpha value is -3.19. The summed E-state index contributed by atoms with van der Waals surface area (Å²) in [4.78, 5) is 0. The van der Waals surface area contributed by atoms with Crippen LogP contribution in [0.4, 0.5) is 39.5 Å². The van der Waals surface area contributed by atoms with Gasteiger partial charge >= 0.3 is 18.7 Å². The van der Waals surface area contributed by atoms with Gasteiger partial charge in [0.1, 0.15) is 11.9 Å². The Kier molecular flexibility index (Phi) is 8.98. The van der Waals surface area contributed by atoms with Gasteiger partial charge in [0.15, 0.2) is 17.7 Å². The molecule has 1 fully saturated rings. The average Bonchev–Trinajstić information content (AvgIpc) is 3.71. The topological polar surface area (TPSA) is 50.7 Å². The molecule has 4 nitrogen and oxygen atoms in total. The monoisotopic (exact) mass is 595 g/mol. The largest absolute Gasteiger partial charge is 0.487 e. The number of rotatable bonds is 12. The lowest BCUT2D eigenvalue weighted by molar-refractivity contribution is -0.280. The van der Waals surface area contributed by atoms with Crippen LogP contribution in [0.15, 0.2) is 72.0 Å². The molecule has 0 heterocycles. The minimum Gasteiger partial charge on any atom is -0.487 e. The van der Waals surface area contributed by atoms with Gasteiger partial charge in [0, 0.05) is 13.0 Å². The predicted octanol–water partition coefficient (Wildman–Crippen LogP) is 6.74. The van der Waals surface area contributed by atoms with Crippen molar-refractivity contribution in [2.75, 3.05) is 6.54 Å². The molecule has 2 aliphatic rings. The van der Waals surface area contributed by atoms with Crippen molar-refractivity contribution < 1.29 is 54.1 Å². The van der Waals surface area contributed by atoms with E-state index in [9.17, 15) is 44.6 Å². The first-order chi connectivity index (χ1) is 19.2. The second-order valence-electron chi connectivity index (χ2n) is 9.89. The Morgan fingerprint density at radius 3 is 2.29 bits per heavy atom. The van der Waals surface area contributed by atoms with Gasteiger partial charge in [0.2, 0.25) is 0 Å². The lowest BCUT2D eigenvalue weighted by atomic mass is 9.74. The summed E-state index contributed by atoms with van der Waals surface area (Å²) in [5.41, 5.74) is -1.55. The molecule has 41 heavy (non-hydrogen) atoms. The van der Waals surface area contributed by atoms with Crippen molar-refractivity contribution in [1.29, 1.82) is 0 Å². The van der Waals surface area contributed by atoms with E-state index in [0.717, 1.165) is 12.1 Å². The molecule has 0 radical (unpaired) electrons. The molecule has 2 aromatic rings. The average molecular weight is 596 g/mol. The van der Waals surface area contributed by atoms with E-state index in [-0.39, 0.29) is 29.4 Å². The van der Waals surface area contributed by atoms with Gasteiger partial charge in [-0.05, 0) is 60.2 Å². The molecule has 0 bridgehead atoms. The fourth-order valence-electron chi connectivity index (χ4n) is 4.48. The lowest BCUT2D eigenvalue weighted by Crippen LogP contribution is -2.52. The predicted molar refractivity (Wildman–Crippen MR) is 130 cm³/mol. The molecule has 0 aliphatic heterocycles. The Morgan fingerprint density at radius 1 is 1.00 bits per heavy atom. The van der Waals surface area contributed by atoms with E-state index in [0.29, 0.717) is 24.5 Å². The third-order valence-corrected chi connectivity index (χ3v) is 6.66. The third-order valence-electron chi connectivity index (χ3n) is 6.66. The highest BCUT2D eigenvalue weighted by Crippen LogP contribution is 2.43. The molecule has 2 N–H and O–H groups in total. The van der Waals surface area contributed by atoms with Crippen molar-refractivity contribution in [2.24, 2.45) is 0 Å². The molecule has 1 unspecified atom stereocenters. The van der Waals surface area contributed by atoms with Crippen molar-refractivity contribution in [3.8, 4) is 5.75 Å². The van der Waals surface area contributed by atoms with Gasteiger partial charge in [-0.25, -0.2) is 8.78 Å². The van der Waals surface area contributed by atoms with Crippen LogP contribution in [0.2, 0.25) is 0 Å². The highest BCUT2D eigenvalue weighted by Gasteiger charge is 2.47. The van der Waals surface area contributed by atoms with Crippen LogP contribution in [-0.4, -0.2) is 48.7 Å². The third kappa shape index (κ3) is 7.56. The quantitative estimate of drug-likeness (QED) is 0.267. The van der Waals surface area contributed by atoms with Crippen molar-refractivity contribution in [2.45, 2.75) is 68.3 Å². The summed E-state index contributed by atoms with van der Waals surface area (Å²) < 4.78 is 133. The van der Waals surface area contributed by atoms with Gasteiger partial charge < -0.3 is 19.9 Å². The van der Waals surface area contributed by atoms with Gasteiger partial charge in [0.05, 0.1) is 11.6 Å². The minimum atomic E-state index is -5.06. The molecular formula is C28H26F9NO3. The second-order valence-corrected chi connectivity index (χ2v) is 9.89. The van der Waals surface area contributed by atoms with E-state index in [1.165, 1.54) is 12.1 Å². The summed E-state index contributed by atoms with van der Waals surface area (Å²) in [6.07, 6.45) is -17.7. The number of benzene rings is 2. The maximum Gasteiger partial charge on any atom is 0.461 e. The molecule has 13 heteroatoms. The van der Waals surface area contributed by atoms with Gasteiger partial charge in [-0.3, -0.25) is 0 Å². The molecule has 0 saturated heterocycles. The first kappa shape index (κ1) is 30.8. The molecule has 0 spiro atoms. The normalized spacial score (nSPS) is 20.2. The number of hydrogen-bond acceptors (Lipinski definition) is 4. The van der Waals surface area contributed by atoms with Crippen molar-refractivity contribution in [3.05, 3.63) is 89.0 Å². The Morgan fingerprint density at radius 2 is 1.68 bits per heavy atom. The molecule has 4 rings (SSSR count). The fraction of sp³-hybridized carbons (Fsp3) is 0.429. The van der Waals surface area contributed by atoms with Gasteiger partial charge in [-0.15, -0.1) is 0 Å². The minimum absolute atomic E-state index is 0.0492. The molecule has 0 amide bonds. The number of alkyl halides is 8. The summed E-state index contributed by atoms with van der Waals surface area (Å²) in [5, 5.41) is 12.4. The van der Waals surface area contributed by atoms with E-state index in [1.54, 1.807) is 30.3 Å². The first-order valence-electron chi connectivity index (χ1n) is 12.6. The van der Waals surface area contributed by atoms with Gasteiger partial charge in [-0.1, -0.05) is 36.4 Å². The van der Waals surface area contributed by atoms with E-state index >= 15 is 0 Å².